The number of hydrogen-bond donors (Lipinski definition) is 3. The molecule has 24 heavy (non-hydrogen) atoms. The molecule has 132 valence electrons. The summed E-state index contributed by atoms with van der Waals surface area (Å²) < 4.78 is 7.71. The Hall–Kier alpha value is -1.20. The number of amides is 1. The van der Waals surface area contributed by atoms with Crippen molar-refractivity contribution < 1.29 is 19.0 Å². The van der Waals surface area contributed by atoms with Gasteiger partial charge in [0.15, 0.2) is 0 Å². The summed E-state index contributed by atoms with van der Waals surface area (Å²) in [6.07, 6.45) is 1.05. The predicted octanol–water partition coefficient (Wildman–Crippen LogP) is -0.461. The largest absolute Gasteiger partial charge is 0.383 e. The van der Waals surface area contributed by atoms with Crippen LogP contribution >= 0.6 is 15.9 Å². The molecule has 10 heteroatoms. The van der Waals surface area contributed by atoms with Gasteiger partial charge in [-0.2, -0.15) is 9.31 Å². The van der Waals surface area contributed by atoms with E-state index in [1.54, 1.807) is 19.1 Å². The van der Waals surface area contributed by atoms with Gasteiger partial charge in [-0.25, -0.2) is 0 Å². The van der Waals surface area contributed by atoms with E-state index in [1.165, 1.54) is 6.08 Å². The van der Waals surface area contributed by atoms with Gasteiger partial charge in [0.05, 0.1) is 12.6 Å². The number of likely N-dealkylation sites (tertiary alicyclic amines) is 1. The summed E-state index contributed by atoms with van der Waals surface area (Å²) in [7, 11) is 3.61. The highest BCUT2D eigenvalue weighted by Crippen LogP contribution is 2.27. The molecule has 0 bridgehead atoms. The van der Waals surface area contributed by atoms with Crippen molar-refractivity contribution in [3.8, 4) is 0 Å². The third-order valence-corrected chi connectivity index (χ3v) is 5.92. The molecule has 0 aliphatic carbocycles. The number of hydrogen-bond acceptors (Lipinski definition) is 6. The summed E-state index contributed by atoms with van der Waals surface area (Å²) >= 11 is 3.37. The van der Waals surface area contributed by atoms with E-state index < -0.39 is 6.23 Å². The Morgan fingerprint density at radius 2 is 2.50 bits per heavy atom. The van der Waals surface area contributed by atoms with Gasteiger partial charge in [0.2, 0.25) is 5.91 Å². The number of hydrazine groups is 1. The second-order valence-electron chi connectivity index (χ2n) is 5.53. The number of ether oxygens (including phenoxy) is 1. The van der Waals surface area contributed by atoms with Crippen LogP contribution in [0.1, 0.15) is 6.42 Å². The molecule has 3 atom stereocenters. The van der Waals surface area contributed by atoms with Crippen LogP contribution in [-0.4, -0.2) is 75.0 Å². The summed E-state index contributed by atoms with van der Waals surface area (Å²) in [5, 5.41) is 9.73. The second kappa shape index (κ2) is 8.25. The van der Waals surface area contributed by atoms with Crippen LogP contribution in [0.5, 0.6) is 0 Å². The van der Waals surface area contributed by atoms with Gasteiger partial charge in [-0.3, -0.25) is 10.2 Å². The van der Waals surface area contributed by atoms with E-state index in [0.29, 0.717) is 38.5 Å². The van der Waals surface area contributed by atoms with E-state index in [0.717, 1.165) is 6.42 Å². The Balaban J connectivity index is 2.20. The van der Waals surface area contributed by atoms with Crippen LogP contribution in [0.25, 0.3) is 0 Å². The number of nitrogens with one attached hydrogen (secondary N) is 1. The van der Waals surface area contributed by atoms with Gasteiger partial charge in [0.25, 0.3) is 0 Å². The lowest BCUT2D eigenvalue weighted by Gasteiger charge is -2.23. The van der Waals surface area contributed by atoms with Crippen LogP contribution in [0.15, 0.2) is 27.8 Å². The first-order chi connectivity index (χ1) is 11.4. The molecule has 8 nitrogen and oxygen atoms in total. The molecular formula is C14H22BrN5O3Si. The fourth-order valence-electron chi connectivity index (χ4n) is 2.94. The van der Waals surface area contributed by atoms with Gasteiger partial charge >= 0.3 is 5.84 Å². The molecule has 1 fully saturated rings. The molecule has 2 heterocycles. The van der Waals surface area contributed by atoms with Crippen LogP contribution in [-0.2, 0) is 9.53 Å². The van der Waals surface area contributed by atoms with Crippen molar-refractivity contribution in [1.29, 1.82) is 0 Å². The van der Waals surface area contributed by atoms with Crippen LogP contribution in [0.3, 0.4) is 0 Å². The van der Waals surface area contributed by atoms with Crippen LogP contribution in [0, 0.1) is 0 Å². The molecular weight excluding hydrogens is 394 g/mol. The predicted molar refractivity (Wildman–Crippen MR) is 94.6 cm³/mol. The maximum absolute atomic E-state index is 12.0. The highest BCUT2D eigenvalue weighted by molar-refractivity contribution is 9.11. The fraction of sp³-hybridized carbons (Fsp3) is 0.571. The summed E-state index contributed by atoms with van der Waals surface area (Å²) in [5.41, 5.74) is 9.52. The molecule has 1 saturated heterocycles. The summed E-state index contributed by atoms with van der Waals surface area (Å²) in [6, 6.07) is 0.0404. The Kier molecular flexibility index (Phi) is 6.58. The Labute approximate surface area is 151 Å². The van der Waals surface area contributed by atoms with Crippen molar-refractivity contribution in [2.45, 2.75) is 24.2 Å². The topological polar surface area (TPSA) is 103 Å². The minimum atomic E-state index is -1.12. The lowest BCUT2D eigenvalue weighted by atomic mass is 10.2. The van der Waals surface area contributed by atoms with Gasteiger partial charge in [-0.05, 0) is 28.6 Å². The van der Waals surface area contributed by atoms with Gasteiger partial charge in [-0.1, -0.05) is 18.0 Å². The number of nitrogens with zero attached hydrogens (tertiary/aromatic N) is 3. The van der Waals surface area contributed by atoms with Crippen molar-refractivity contribution in [3.63, 3.8) is 0 Å². The smallest absolute Gasteiger partial charge is 0.302 e. The Bertz CT molecular complexity index is 620. The number of halogens is 1. The third-order valence-electron chi connectivity index (χ3n) is 3.95. The number of aliphatic imine (C=N–C) groups is 1. The summed E-state index contributed by atoms with van der Waals surface area (Å²) in [4.78, 5) is 18.1. The van der Waals surface area contributed by atoms with Gasteiger partial charge in [0, 0.05) is 7.11 Å². The molecule has 0 aromatic rings. The number of carbonyl (C=O) groups is 1. The number of aliphatic hydroxyl groups is 1. The average molecular weight is 416 g/mol. The van der Waals surface area contributed by atoms with E-state index in [1.807, 2.05) is 4.33 Å². The molecule has 0 aromatic heterocycles. The van der Waals surface area contributed by atoms with E-state index in [2.05, 4.69) is 32.9 Å². The first kappa shape index (κ1) is 19.1. The maximum Gasteiger partial charge on any atom is 0.302 e. The van der Waals surface area contributed by atoms with Crippen molar-refractivity contribution in [3.05, 3.63) is 22.8 Å². The third kappa shape index (κ3) is 3.89. The van der Waals surface area contributed by atoms with Gasteiger partial charge in [-0.15, -0.1) is 5.54 Å². The Morgan fingerprint density at radius 3 is 3.04 bits per heavy atom. The number of methoxy groups -OCH3 is 1. The maximum atomic E-state index is 12.0. The number of aliphatic hydroxyl groups excluding tert-OH is 1. The highest BCUT2D eigenvalue weighted by atomic mass is 79.9. The Morgan fingerprint density at radius 1 is 1.79 bits per heavy atom. The van der Waals surface area contributed by atoms with Crippen LogP contribution in [0.2, 0.25) is 5.54 Å². The lowest BCUT2D eigenvalue weighted by molar-refractivity contribution is -0.444. The molecule has 0 spiro atoms. The number of nitrogens with two attached hydrogens (primary N) is 1. The number of amidine groups is 1. The monoisotopic (exact) mass is 415 g/mol. The zero-order chi connectivity index (χ0) is 17.9. The molecule has 0 saturated carbocycles. The van der Waals surface area contributed by atoms with Crippen molar-refractivity contribution >= 4 is 37.0 Å². The highest BCUT2D eigenvalue weighted by Gasteiger charge is 2.33. The zero-order valence-corrected chi connectivity index (χ0v) is 16.3. The minimum absolute atomic E-state index is 0.0404. The van der Waals surface area contributed by atoms with Crippen molar-refractivity contribution in [2.24, 2.45) is 10.7 Å². The SMILES string of the molecule is C=CC(=O)N1CC([Si-]=[N+]2NC(Br)=C(C(N)O)C2=NC)C[C@@H]1COC. The summed E-state index contributed by atoms with van der Waals surface area (Å²) in [6.45, 7) is 4.69. The standard InChI is InChI=1S/C14H22BrN5O3Si/c1-4-10(21)19-6-9(5-8(19)7-23-3)24-20-14(17-2)11(13(16)22)12(15)18-20/h4,8-9,13,18,22H,1,5-7,16H2,2-3H3/t8-,9?,13?/m1/s1. The van der Waals surface area contributed by atoms with Gasteiger partial charge < -0.3 is 24.8 Å². The van der Waals surface area contributed by atoms with Crippen LogP contribution < -0.4 is 11.2 Å². The number of rotatable bonds is 5. The second-order valence-corrected chi connectivity index (χ2v) is 7.85. The summed E-state index contributed by atoms with van der Waals surface area (Å²) in [5.74, 6) is 0.521. The lowest BCUT2D eigenvalue weighted by Crippen LogP contribution is -2.37. The van der Waals surface area contributed by atoms with Crippen molar-refractivity contribution in [2.75, 3.05) is 27.3 Å². The number of carbonyl (C=O) groups excluding carboxylic acids is 1. The molecule has 2 aliphatic heterocycles. The zero-order valence-electron chi connectivity index (χ0n) is 13.7. The van der Waals surface area contributed by atoms with E-state index in [-0.39, 0.29) is 17.5 Å². The average Bonchev–Trinajstić information content (AvgIpc) is 3.07. The first-order valence-corrected chi connectivity index (χ1v) is 9.30. The molecule has 1 amide bonds. The van der Waals surface area contributed by atoms with Crippen LogP contribution in [0.4, 0.5) is 0 Å². The van der Waals surface area contributed by atoms with Gasteiger partial charge in [0.1, 0.15) is 23.5 Å². The quantitative estimate of drug-likeness (QED) is 0.244. The first-order valence-electron chi connectivity index (χ1n) is 7.48. The normalized spacial score (nSPS) is 28.6. The fourth-order valence-corrected chi connectivity index (χ4v) is 5.23. The van der Waals surface area contributed by atoms with E-state index in [4.69, 9.17) is 10.5 Å². The molecule has 4 N–H and O–H groups in total. The molecule has 2 aliphatic rings. The molecule has 2 rings (SSSR count). The van der Waals surface area contributed by atoms with E-state index in [9.17, 15) is 9.90 Å². The molecule has 2 unspecified atom stereocenters. The van der Waals surface area contributed by atoms with Crippen molar-refractivity contribution in [1.82, 2.24) is 10.3 Å². The molecule has 0 radical (unpaired) electrons. The molecule has 0 aromatic carbocycles. The minimum Gasteiger partial charge on any atom is -0.383 e. The van der Waals surface area contributed by atoms with E-state index >= 15 is 0 Å².